The first kappa shape index (κ1) is 17.9. The molecule has 0 amide bonds. The molecule has 25 heavy (non-hydrogen) atoms. The van der Waals surface area contributed by atoms with Crippen molar-refractivity contribution in [2.75, 3.05) is 19.8 Å². The van der Waals surface area contributed by atoms with Crippen molar-refractivity contribution in [3.63, 3.8) is 0 Å². The van der Waals surface area contributed by atoms with E-state index in [1.165, 1.54) is 11.1 Å². The Morgan fingerprint density at radius 3 is 2.80 bits per heavy atom. The van der Waals surface area contributed by atoms with Crippen molar-refractivity contribution >= 4 is 0 Å². The summed E-state index contributed by atoms with van der Waals surface area (Å²) >= 11 is 0. The molecule has 2 unspecified atom stereocenters. The summed E-state index contributed by atoms with van der Waals surface area (Å²) < 4.78 is 11.4. The van der Waals surface area contributed by atoms with Gasteiger partial charge in [-0.05, 0) is 36.6 Å². The molecule has 1 saturated heterocycles. The Morgan fingerprint density at radius 1 is 1.16 bits per heavy atom. The Bertz CT molecular complexity index is 627. The lowest BCUT2D eigenvalue weighted by Gasteiger charge is -2.26. The van der Waals surface area contributed by atoms with Gasteiger partial charge in [-0.25, -0.2) is 0 Å². The van der Waals surface area contributed by atoms with Crippen LogP contribution in [0.25, 0.3) is 0 Å². The average molecular weight is 340 g/mol. The predicted molar refractivity (Wildman–Crippen MR) is 101 cm³/mol. The molecule has 1 aliphatic heterocycles. The minimum atomic E-state index is 0.438. The van der Waals surface area contributed by atoms with E-state index < -0.39 is 0 Å². The van der Waals surface area contributed by atoms with Crippen LogP contribution in [-0.2, 0) is 17.9 Å². The van der Waals surface area contributed by atoms with Crippen molar-refractivity contribution in [3.05, 3.63) is 65.7 Å². The van der Waals surface area contributed by atoms with Gasteiger partial charge in [0.25, 0.3) is 0 Å². The van der Waals surface area contributed by atoms with Gasteiger partial charge in [0.15, 0.2) is 0 Å². The molecule has 0 saturated carbocycles. The van der Waals surface area contributed by atoms with E-state index in [0.717, 1.165) is 38.5 Å². The average Bonchev–Trinajstić information content (AvgIpc) is 2.67. The van der Waals surface area contributed by atoms with E-state index in [1.807, 2.05) is 24.3 Å². The van der Waals surface area contributed by atoms with Crippen LogP contribution >= 0.6 is 0 Å². The first-order valence-electron chi connectivity index (χ1n) is 9.10. The maximum Gasteiger partial charge on any atom is 0.120 e. The number of hydrogen-bond acceptors (Lipinski definition) is 4. The lowest BCUT2D eigenvalue weighted by Crippen LogP contribution is -2.44. The zero-order valence-electron chi connectivity index (χ0n) is 14.9. The maximum atomic E-state index is 5.91. The highest BCUT2D eigenvalue weighted by atomic mass is 16.5. The molecule has 0 spiro atoms. The molecule has 2 aromatic rings. The summed E-state index contributed by atoms with van der Waals surface area (Å²) in [5.74, 6) is 0.915. The van der Waals surface area contributed by atoms with Crippen molar-refractivity contribution in [2.45, 2.75) is 38.6 Å². The second-order valence-corrected chi connectivity index (χ2v) is 6.67. The summed E-state index contributed by atoms with van der Waals surface area (Å²) in [4.78, 5) is 0. The monoisotopic (exact) mass is 340 g/mol. The van der Waals surface area contributed by atoms with E-state index in [4.69, 9.17) is 9.47 Å². The molecule has 0 radical (unpaired) electrons. The SMILES string of the molecule is CC(CC1COCCN1)NCc1cccc(OCc2ccccc2)c1. The number of hydrogen-bond donors (Lipinski definition) is 2. The van der Waals surface area contributed by atoms with E-state index in [2.05, 4.69) is 47.9 Å². The fourth-order valence-corrected chi connectivity index (χ4v) is 3.06. The van der Waals surface area contributed by atoms with Crippen molar-refractivity contribution in [1.82, 2.24) is 10.6 Å². The zero-order valence-corrected chi connectivity index (χ0v) is 14.9. The van der Waals surface area contributed by atoms with E-state index >= 15 is 0 Å². The van der Waals surface area contributed by atoms with Gasteiger partial charge in [-0.2, -0.15) is 0 Å². The van der Waals surface area contributed by atoms with Crippen LogP contribution in [-0.4, -0.2) is 31.8 Å². The lowest BCUT2D eigenvalue weighted by molar-refractivity contribution is 0.0712. The van der Waals surface area contributed by atoms with Crippen LogP contribution < -0.4 is 15.4 Å². The maximum absolute atomic E-state index is 5.91. The molecule has 1 heterocycles. The molecular weight excluding hydrogens is 312 g/mol. The van der Waals surface area contributed by atoms with Gasteiger partial charge >= 0.3 is 0 Å². The third kappa shape index (κ3) is 6.16. The number of ether oxygens (including phenoxy) is 2. The molecule has 2 aromatic carbocycles. The van der Waals surface area contributed by atoms with Crippen molar-refractivity contribution in [3.8, 4) is 5.75 Å². The first-order chi connectivity index (χ1) is 12.3. The standard InChI is InChI=1S/C21H28N2O2/c1-17(12-20-16-24-11-10-22-20)23-14-19-8-5-9-21(13-19)25-15-18-6-3-2-4-7-18/h2-9,13,17,20,22-23H,10-12,14-16H2,1H3. The Kier molecular flexibility index (Phi) is 6.86. The molecule has 134 valence electrons. The molecule has 3 rings (SSSR count). The third-order valence-corrected chi connectivity index (χ3v) is 4.44. The topological polar surface area (TPSA) is 42.5 Å². The molecule has 0 bridgehead atoms. The number of benzene rings is 2. The fraction of sp³-hybridized carbons (Fsp3) is 0.429. The highest BCUT2D eigenvalue weighted by molar-refractivity contribution is 5.29. The Hall–Kier alpha value is -1.88. The number of morpholine rings is 1. The molecule has 0 aromatic heterocycles. The number of rotatable bonds is 8. The summed E-state index contributed by atoms with van der Waals surface area (Å²) in [5, 5.41) is 7.10. The van der Waals surface area contributed by atoms with E-state index in [9.17, 15) is 0 Å². The Balaban J connectivity index is 1.44. The second-order valence-electron chi connectivity index (χ2n) is 6.67. The molecule has 4 nitrogen and oxygen atoms in total. The van der Waals surface area contributed by atoms with Crippen LogP contribution in [0.3, 0.4) is 0 Å². The van der Waals surface area contributed by atoms with Crippen LogP contribution in [0.5, 0.6) is 5.75 Å². The minimum Gasteiger partial charge on any atom is -0.489 e. The van der Waals surface area contributed by atoms with Gasteiger partial charge in [0.05, 0.1) is 13.2 Å². The molecular formula is C21H28N2O2. The smallest absolute Gasteiger partial charge is 0.120 e. The van der Waals surface area contributed by atoms with Crippen LogP contribution in [0.2, 0.25) is 0 Å². The number of nitrogens with one attached hydrogen (secondary N) is 2. The highest BCUT2D eigenvalue weighted by Gasteiger charge is 2.15. The molecule has 1 aliphatic rings. The van der Waals surface area contributed by atoms with Crippen LogP contribution in [0.4, 0.5) is 0 Å². The van der Waals surface area contributed by atoms with Gasteiger partial charge in [-0.1, -0.05) is 42.5 Å². The van der Waals surface area contributed by atoms with Crippen molar-refractivity contribution in [2.24, 2.45) is 0 Å². The normalized spacial score (nSPS) is 18.7. The zero-order chi connectivity index (χ0) is 17.3. The highest BCUT2D eigenvalue weighted by Crippen LogP contribution is 2.15. The largest absolute Gasteiger partial charge is 0.489 e. The van der Waals surface area contributed by atoms with Gasteiger partial charge in [0.1, 0.15) is 12.4 Å². The van der Waals surface area contributed by atoms with Crippen LogP contribution in [0.1, 0.15) is 24.5 Å². The molecule has 2 atom stereocenters. The summed E-state index contributed by atoms with van der Waals surface area (Å²) in [6.07, 6.45) is 1.07. The predicted octanol–water partition coefficient (Wildman–Crippen LogP) is 3.12. The summed E-state index contributed by atoms with van der Waals surface area (Å²) in [5.41, 5.74) is 2.42. The van der Waals surface area contributed by atoms with Gasteiger partial charge in [0.2, 0.25) is 0 Å². The van der Waals surface area contributed by atoms with Gasteiger partial charge < -0.3 is 20.1 Å². The Labute approximate surface area is 150 Å². The lowest BCUT2D eigenvalue weighted by atomic mass is 10.1. The van der Waals surface area contributed by atoms with E-state index in [0.29, 0.717) is 18.7 Å². The van der Waals surface area contributed by atoms with Gasteiger partial charge in [-0.3, -0.25) is 0 Å². The Morgan fingerprint density at radius 2 is 2.00 bits per heavy atom. The van der Waals surface area contributed by atoms with Crippen LogP contribution in [0, 0.1) is 0 Å². The molecule has 2 N–H and O–H groups in total. The third-order valence-electron chi connectivity index (χ3n) is 4.44. The molecule has 0 aliphatic carbocycles. The van der Waals surface area contributed by atoms with Crippen molar-refractivity contribution in [1.29, 1.82) is 0 Å². The molecule has 1 fully saturated rings. The first-order valence-corrected chi connectivity index (χ1v) is 9.10. The fourth-order valence-electron chi connectivity index (χ4n) is 3.06. The summed E-state index contributed by atoms with van der Waals surface area (Å²) in [6.45, 7) is 6.27. The summed E-state index contributed by atoms with van der Waals surface area (Å²) in [7, 11) is 0. The quantitative estimate of drug-likeness (QED) is 0.775. The van der Waals surface area contributed by atoms with Gasteiger partial charge in [-0.15, -0.1) is 0 Å². The van der Waals surface area contributed by atoms with E-state index in [-0.39, 0.29) is 0 Å². The summed E-state index contributed by atoms with van der Waals surface area (Å²) in [6, 6.07) is 19.5. The minimum absolute atomic E-state index is 0.438. The van der Waals surface area contributed by atoms with E-state index in [1.54, 1.807) is 0 Å². The van der Waals surface area contributed by atoms with Crippen LogP contribution in [0.15, 0.2) is 54.6 Å². The van der Waals surface area contributed by atoms with Gasteiger partial charge in [0, 0.05) is 25.2 Å². The van der Waals surface area contributed by atoms with Crippen molar-refractivity contribution < 1.29 is 9.47 Å². The second kappa shape index (κ2) is 9.56. The molecule has 4 heteroatoms.